The molecule has 0 spiro atoms. The lowest BCUT2D eigenvalue weighted by Crippen LogP contribution is -2.15. The van der Waals surface area contributed by atoms with E-state index in [0.29, 0.717) is 11.3 Å². The van der Waals surface area contributed by atoms with E-state index in [9.17, 15) is 9.18 Å². The van der Waals surface area contributed by atoms with Crippen LogP contribution in [0.3, 0.4) is 0 Å². The van der Waals surface area contributed by atoms with Crippen molar-refractivity contribution in [3.8, 4) is 11.8 Å². The zero-order valence-corrected chi connectivity index (χ0v) is 10.6. The topological polar surface area (TPSA) is 68.0 Å². The second kappa shape index (κ2) is 6.45. The van der Waals surface area contributed by atoms with Gasteiger partial charge in [0.05, 0.1) is 12.1 Å². The molecule has 0 bridgehead atoms. The summed E-state index contributed by atoms with van der Waals surface area (Å²) < 4.78 is 12.8. The average molecular weight is 269 g/mol. The zero-order valence-electron chi connectivity index (χ0n) is 10.6. The highest BCUT2D eigenvalue weighted by Gasteiger charge is 2.11. The van der Waals surface area contributed by atoms with Crippen LogP contribution < -0.4 is 11.1 Å². The maximum atomic E-state index is 12.8. The molecule has 0 saturated heterocycles. The Hall–Kier alpha value is -2.71. The van der Waals surface area contributed by atoms with Crippen molar-refractivity contribution < 1.29 is 9.18 Å². The Balaban J connectivity index is 2.23. The largest absolute Gasteiger partial charge is 0.321 e. The highest BCUT2D eigenvalue weighted by molar-refractivity contribution is 6.04. The minimum absolute atomic E-state index is 0.202. The molecule has 0 aliphatic carbocycles. The van der Waals surface area contributed by atoms with Crippen LogP contribution >= 0.6 is 0 Å². The van der Waals surface area contributed by atoms with Crippen LogP contribution in [0.4, 0.5) is 10.1 Å². The van der Waals surface area contributed by atoms with Gasteiger partial charge < -0.3 is 11.1 Å². The first-order valence-corrected chi connectivity index (χ1v) is 5.91. The Morgan fingerprint density at radius 1 is 1.30 bits per heavy atom. The smallest absolute Gasteiger partial charge is 0.275 e. The Labute approximate surface area is 115 Å². The molecule has 0 unspecified atom stereocenters. The van der Waals surface area contributed by atoms with Gasteiger partial charge in [-0.05, 0) is 36.4 Å². The SMILES string of the molecule is NCC#Cc1cccnc1C(=O)Nc1ccc(F)cc1. The fraction of sp³-hybridized carbons (Fsp3) is 0.0667. The molecular weight excluding hydrogens is 257 g/mol. The maximum Gasteiger partial charge on any atom is 0.275 e. The Bertz CT molecular complexity index is 672. The van der Waals surface area contributed by atoms with Gasteiger partial charge in [-0.3, -0.25) is 4.79 Å². The van der Waals surface area contributed by atoms with Crippen LogP contribution in [-0.2, 0) is 0 Å². The lowest BCUT2D eigenvalue weighted by molar-refractivity contribution is 0.102. The highest BCUT2D eigenvalue weighted by Crippen LogP contribution is 2.11. The molecule has 2 aromatic rings. The molecule has 0 saturated carbocycles. The molecule has 20 heavy (non-hydrogen) atoms. The number of nitrogens with two attached hydrogens (primary N) is 1. The van der Waals surface area contributed by atoms with Crippen LogP contribution in [0.5, 0.6) is 0 Å². The molecule has 0 aliphatic rings. The Morgan fingerprint density at radius 2 is 2.05 bits per heavy atom. The summed E-state index contributed by atoms with van der Waals surface area (Å²) >= 11 is 0. The van der Waals surface area contributed by atoms with Gasteiger partial charge in [-0.15, -0.1) is 0 Å². The molecule has 1 heterocycles. The fourth-order valence-corrected chi connectivity index (χ4v) is 1.56. The molecule has 4 nitrogen and oxygen atoms in total. The molecule has 1 aromatic heterocycles. The van der Waals surface area contributed by atoms with E-state index in [-0.39, 0.29) is 18.1 Å². The van der Waals surface area contributed by atoms with E-state index in [2.05, 4.69) is 22.1 Å². The quantitative estimate of drug-likeness (QED) is 0.817. The van der Waals surface area contributed by atoms with Crippen LogP contribution in [0, 0.1) is 17.7 Å². The summed E-state index contributed by atoms with van der Waals surface area (Å²) in [5.41, 5.74) is 6.50. The van der Waals surface area contributed by atoms with Gasteiger partial charge in [0, 0.05) is 11.9 Å². The Morgan fingerprint density at radius 3 is 2.75 bits per heavy atom. The third-order valence-corrected chi connectivity index (χ3v) is 2.45. The summed E-state index contributed by atoms with van der Waals surface area (Å²) in [7, 11) is 0. The molecule has 1 aromatic carbocycles. The van der Waals surface area contributed by atoms with Gasteiger partial charge >= 0.3 is 0 Å². The highest BCUT2D eigenvalue weighted by atomic mass is 19.1. The van der Waals surface area contributed by atoms with Crippen molar-refractivity contribution in [3.05, 3.63) is 59.7 Å². The van der Waals surface area contributed by atoms with Crippen molar-refractivity contribution in [2.45, 2.75) is 0 Å². The standard InChI is InChI=1S/C15H12FN3O/c16-12-5-7-13(8-6-12)19-15(20)14-11(3-1-9-17)4-2-10-18-14/h2,4-8,10H,9,17H2,(H,19,20). The van der Waals surface area contributed by atoms with Gasteiger partial charge in [0.25, 0.3) is 5.91 Å². The van der Waals surface area contributed by atoms with Crippen LogP contribution in [0.1, 0.15) is 16.1 Å². The van der Waals surface area contributed by atoms with Crippen molar-refractivity contribution in [1.29, 1.82) is 0 Å². The van der Waals surface area contributed by atoms with Crippen LogP contribution in [0.15, 0.2) is 42.6 Å². The predicted molar refractivity (Wildman–Crippen MR) is 74.5 cm³/mol. The molecule has 5 heteroatoms. The number of pyridine rings is 1. The average Bonchev–Trinajstić information content (AvgIpc) is 2.47. The summed E-state index contributed by atoms with van der Waals surface area (Å²) in [5.74, 6) is 4.70. The minimum Gasteiger partial charge on any atom is -0.321 e. The minimum atomic E-state index is -0.404. The fourth-order valence-electron chi connectivity index (χ4n) is 1.56. The molecule has 0 fully saturated rings. The van der Waals surface area contributed by atoms with E-state index in [1.807, 2.05) is 0 Å². The second-order valence-corrected chi connectivity index (χ2v) is 3.87. The van der Waals surface area contributed by atoms with Gasteiger partial charge in [-0.25, -0.2) is 9.37 Å². The summed E-state index contributed by atoms with van der Waals surface area (Å²) in [6, 6.07) is 8.86. The number of benzene rings is 1. The summed E-state index contributed by atoms with van der Waals surface area (Å²) in [6.07, 6.45) is 1.51. The number of hydrogen-bond acceptors (Lipinski definition) is 3. The third kappa shape index (κ3) is 3.40. The van der Waals surface area contributed by atoms with E-state index in [1.165, 1.54) is 30.5 Å². The number of nitrogens with one attached hydrogen (secondary N) is 1. The number of rotatable bonds is 2. The van der Waals surface area contributed by atoms with Crippen molar-refractivity contribution in [2.24, 2.45) is 5.73 Å². The second-order valence-electron chi connectivity index (χ2n) is 3.87. The number of aromatic nitrogens is 1. The first-order chi connectivity index (χ1) is 9.70. The van der Waals surface area contributed by atoms with E-state index in [1.54, 1.807) is 12.1 Å². The monoisotopic (exact) mass is 269 g/mol. The van der Waals surface area contributed by atoms with Crippen molar-refractivity contribution in [1.82, 2.24) is 4.98 Å². The maximum absolute atomic E-state index is 12.8. The lowest BCUT2D eigenvalue weighted by atomic mass is 10.2. The van der Waals surface area contributed by atoms with Gasteiger partial charge in [0.1, 0.15) is 11.5 Å². The molecule has 0 atom stereocenters. The Kier molecular flexibility index (Phi) is 4.43. The first kappa shape index (κ1) is 13.7. The molecule has 100 valence electrons. The zero-order chi connectivity index (χ0) is 14.4. The normalized spacial score (nSPS) is 9.50. The van der Waals surface area contributed by atoms with Crippen molar-refractivity contribution in [2.75, 3.05) is 11.9 Å². The van der Waals surface area contributed by atoms with E-state index < -0.39 is 5.91 Å². The van der Waals surface area contributed by atoms with Gasteiger partial charge in [-0.1, -0.05) is 11.8 Å². The van der Waals surface area contributed by atoms with Gasteiger partial charge in [-0.2, -0.15) is 0 Å². The lowest BCUT2D eigenvalue weighted by Gasteiger charge is -2.06. The number of halogens is 1. The molecule has 0 aliphatic heterocycles. The number of carbonyl (C=O) groups is 1. The predicted octanol–water partition coefficient (Wildman–Crippen LogP) is 1.78. The van der Waals surface area contributed by atoms with E-state index in [0.717, 1.165) is 0 Å². The van der Waals surface area contributed by atoms with Crippen LogP contribution in [0.2, 0.25) is 0 Å². The number of hydrogen-bond donors (Lipinski definition) is 2. The van der Waals surface area contributed by atoms with Crippen LogP contribution in [0.25, 0.3) is 0 Å². The number of carbonyl (C=O) groups excluding carboxylic acids is 1. The summed E-state index contributed by atoms with van der Waals surface area (Å²) in [4.78, 5) is 16.1. The van der Waals surface area contributed by atoms with Crippen molar-refractivity contribution in [3.63, 3.8) is 0 Å². The number of anilines is 1. The molecule has 1 amide bonds. The molecule has 0 radical (unpaired) electrons. The molecule has 2 rings (SSSR count). The van der Waals surface area contributed by atoms with Crippen molar-refractivity contribution >= 4 is 11.6 Å². The summed E-state index contributed by atoms with van der Waals surface area (Å²) in [6.45, 7) is 0.202. The number of nitrogens with zero attached hydrogens (tertiary/aromatic N) is 1. The van der Waals surface area contributed by atoms with Gasteiger partial charge in [0.15, 0.2) is 0 Å². The molecular formula is C15H12FN3O. The van der Waals surface area contributed by atoms with Crippen LogP contribution in [-0.4, -0.2) is 17.4 Å². The summed E-state index contributed by atoms with van der Waals surface area (Å²) in [5, 5.41) is 2.64. The number of amides is 1. The van der Waals surface area contributed by atoms with E-state index >= 15 is 0 Å². The van der Waals surface area contributed by atoms with Gasteiger partial charge in [0.2, 0.25) is 0 Å². The molecule has 3 N–H and O–H groups in total. The third-order valence-electron chi connectivity index (χ3n) is 2.45. The first-order valence-electron chi connectivity index (χ1n) is 5.91. The van der Waals surface area contributed by atoms with E-state index in [4.69, 9.17) is 5.73 Å².